The van der Waals surface area contributed by atoms with Crippen molar-refractivity contribution in [3.8, 4) is 0 Å². The third-order valence-corrected chi connectivity index (χ3v) is 4.02. The molecule has 0 spiro atoms. The van der Waals surface area contributed by atoms with Crippen LogP contribution in [-0.4, -0.2) is 18.1 Å². The summed E-state index contributed by atoms with van der Waals surface area (Å²) in [5.74, 6) is 0. The molecule has 0 aliphatic carbocycles. The van der Waals surface area contributed by atoms with Crippen LogP contribution in [0.1, 0.15) is 43.3 Å². The van der Waals surface area contributed by atoms with Crippen molar-refractivity contribution in [1.82, 2.24) is 10.3 Å². The van der Waals surface area contributed by atoms with Crippen LogP contribution in [-0.2, 0) is 23.1 Å². The van der Waals surface area contributed by atoms with Gasteiger partial charge in [0.15, 0.2) is 5.69 Å². The number of methoxy groups -OCH3 is 1. The Bertz CT molecular complexity index is 427. The lowest BCUT2D eigenvalue weighted by Crippen LogP contribution is -2.23. The zero-order valence-corrected chi connectivity index (χ0v) is 12.5. The van der Waals surface area contributed by atoms with E-state index < -0.39 is 17.5 Å². The highest BCUT2D eigenvalue weighted by Gasteiger charge is 2.39. The zero-order chi connectivity index (χ0) is 14.8. The number of ether oxygens (including phenoxy) is 1. The number of nitrogens with zero attached hydrogens (tertiary/aromatic N) is 1. The molecule has 1 rings (SSSR count). The highest BCUT2D eigenvalue weighted by atomic mass is 32.1. The maximum absolute atomic E-state index is 13.0. The van der Waals surface area contributed by atoms with Crippen LogP contribution in [0.2, 0.25) is 0 Å². The number of hydrogen-bond acceptors (Lipinski definition) is 4. The number of nitrogens with one attached hydrogen (secondary N) is 1. The minimum Gasteiger partial charge on any atom is -0.372 e. The molecule has 0 saturated heterocycles. The summed E-state index contributed by atoms with van der Waals surface area (Å²) in [6, 6.07) is 0.113. The molecule has 0 amide bonds. The SMILES string of the molecule is COC(C)(C)c1nc(C(F)(F)F)c(CNC(C)C)s1. The van der Waals surface area contributed by atoms with Crippen LogP contribution in [0.4, 0.5) is 13.2 Å². The van der Waals surface area contributed by atoms with E-state index in [0.717, 1.165) is 11.3 Å². The van der Waals surface area contributed by atoms with Crippen molar-refractivity contribution < 1.29 is 17.9 Å². The summed E-state index contributed by atoms with van der Waals surface area (Å²) >= 11 is 1.04. The molecule has 0 aliphatic heterocycles. The second kappa shape index (κ2) is 5.76. The van der Waals surface area contributed by atoms with Crippen LogP contribution in [0, 0.1) is 0 Å². The smallest absolute Gasteiger partial charge is 0.372 e. The molecule has 1 N–H and O–H groups in total. The van der Waals surface area contributed by atoms with Crippen LogP contribution >= 0.6 is 11.3 Å². The van der Waals surface area contributed by atoms with Gasteiger partial charge in [-0.1, -0.05) is 13.8 Å². The van der Waals surface area contributed by atoms with Gasteiger partial charge in [0.2, 0.25) is 0 Å². The second-order valence-corrected chi connectivity index (χ2v) is 6.12. The lowest BCUT2D eigenvalue weighted by molar-refractivity contribution is -0.141. The van der Waals surface area contributed by atoms with Gasteiger partial charge in [-0.3, -0.25) is 0 Å². The van der Waals surface area contributed by atoms with E-state index in [9.17, 15) is 13.2 Å². The van der Waals surface area contributed by atoms with E-state index in [1.54, 1.807) is 13.8 Å². The van der Waals surface area contributed by atoms with Gasteiger partial charge in [-0.15, -0.1) is 11.3 Å². The number of rotatable bonds is 5. The Hall–Kier alpha value is -0.660. The Morgan fingerprint density at radius 2 is 1.89 bits per heavy atom. The fraction of sp³-hybridized carbons (Fsp3) is 0.750. The van der Waals surface area contributed by atoms with Gasteiger partial charge in [-0.05, 0) is 13.8 Å². The lowest BCUT2D eigenvalue weighted by Gasteiger charge is -2.19. The molecule has 0 radical (unpaired) electrons. The normalized spacial score (nSPS) is 13.3. The van der Waals surface area contributed by atoms with Crippen molar-refractivity contribution in [3.05, 3.63) is 15.6 Å². The zero-order valence-electron chi connectivity index (χ0n) is 11.7. The van der Waals surface area contributed by atoms with Crippen molar-refractivity contribution in [2.24, 2.45) is 0 Å². The van der Waals surface area contributed by atoms with E-state index in [1.807, 2.05) is 13.8 Å². The van der Waals surface area contributed by atoms with Gasteiger partial charge in [0.1, 0.15) is 10.6 Å². The topological polar surface area (TPSA) is 34.1 Å². The van der Waals surface area contributed by atoms with Crippen LogP contribution in [0.15, 0.2) is 0 Å². The number of halogens is 3. The molecule has 0 fully saturated rings. The van der Waals surface area contributed by atoms with E-state index in [2.05, 4.69) is 10.3 Å². The molecule has 0 aromatic carbocycles. The van der Waals surface area contributed by atoms with Gasteiger partial charge in [0, 0.05) is 19.7 Å². The Morgan fingerprint density at radius 1 is 1.32 bits per heavy atom. The number of aromatic nitrogens is 1. The van der Waals surface area contributed by atoms with Crippen molar-refractivity contribution in [2.45, 2.75) is 52.1 Å². The summed E-state index contributed by atoms with van der Waals surface area (Å²) in [6.45, 7) is 7.32. The fourth-order valence-corrected chi connectivity index (χ4v) is 2.45. The molecular weight excluding hydrogens is 277 g/mol. The molecule has 0 atom stereocenters. The maximum Gasteiger partial charge on any atom is 0.434 e. The molecule has 0 bridgehead atoms. The second-order valence-electron chi connectivity index (χ2n) is 5.04. The van der Waals surface area contributed by atoms with Crippen molar-refractivity contribution >= 4 is 11.3 Å². The lowest BCUT2D eigenvalue weighted by atomic mass is 10.1. The molecule has 7 heteroatoms. The maximum atomic E-state index is 13.0. The number of alkyl halides is 3. The van der Waals surface area contributed by atoms with E-state index in [4.69, 9.17) is 4.74 Å². The third kappa shape index (κ3) is 4.15. The number of hydrogen-bond donors (Lipinski definition) is 1. The Balaban J connectivity index is 3.13. The first-order chi connectivity index (χ1) is 8.58. The first-order valence-corrected chi connectivity index (χ1v) is 6.75. The summed E-state index contributed by atoms with van der Waals surface area (Å²) in [4.78, 5) is 3.93. The summed E-state index contributed by atoms with van der Waals surface area (Å²) < 4.78 is 44.1. The molecule has 110 valence electrons. The molecule has 1 aromatic heterocycles. The molecule has 3 nitrogen and oxygen atoms in total. The van der Waals surface area contributed by atoms with Crippen LogP contribution in [0.3, 0.4) is 0 Å². The summed E-state index contributed by atoms with van der Waals surface area (Å²) in [6.07, 6.45) is -4.44. The predicted molar refractivity (Wildman–Crippen MR) is 69.1 cm³/mol. The van der Waals surface area contributed by atoms with E-state index in [1.165, 1.54) is 7.11 Å². The molecule has 0 saturated carbocycles. The Morgan fingerprint density at radius 3 is 2.32 bits per heavy atom. The average Bonchev–Trinajstić information content (AvgIpc) is 2.70. The fourth-order valence-electron chi connectivity index (χ4n) is 1.33. The monoisotopic (exact) mass is 296 g/mol. The van der Waals surface area contributed by atoms with Crippen LogP contribution < -0.4 is 5.32 Å². The van der Waals surface area contributed by atoms with Crippen molar-refractivity contribution in [2.75, 3.05) is 7.11 Å². The van der Waals surface area contributed by atoms with Gasteiger partial charge in [0.25, 0.3) is 0 Å². The van der Waals surface area contributed by atoms with Crippen molar-refractivity contribution in [3.63, 3.8) is 0 Å². The molecular formula is C12H19F3N2OS. The minimum absolute atomic E-state index is 0.113. The average molecular weight is 296 g/mol. The first kappa shape index (κ1) is 16.4. The molecule has 0 unspecified atom stereocenters. The largest absolute Gasteiger partial charge is 0.434 e. The molecule has 1 heterocycles. The standard InChI is InChI=1S/C12H19F3N2OS/c1-7(2)16-6-8-9(12(13,14)15)17-10(19-8)11(3,4)18-5/h7,16H,6H2,1-5H3. The van der Waals surface area contributed by atoms with E-state index in [0.29, 0.717) is 5.01 Å². The first-order valence-electron chi connectivity index (χ1n) is 5.94. The molecule has 0 aliphatic rings. The predicted octanol–water partition coefficient (Wildman–Crippen LogP) is 3.54. The molecule has 19 heavy (non-hydrogen) atoms. The van der Waals surface area contributed by atoms with Gasteiger partial charge in [-0.25, -0.2) is 4.98 Å². The highest BCUT2D eigenvalue weighted by molar-refractivity contribution is 7.11. The minimum atomic E-state index is -4.44. The van der Waals surface area contributed by atoms with Gasteiger partial charge >= 0.3 is 6.18 Å². The summed E-state index contributed by atoms with van der Waals surface area (Å²) in [5.41, 5.74) is -1.63. The van der Waals surface area contributed by atoms with Crippen molar-refractivity contribution in [1.29, 1.82) is 0 Å². The van der Waals surface area contributed by atoms with Gasteiger partial charge in [0.05, 0.1) is 4.88 Å². The van der Waals surface area contributed by atoms with Gasteiger partial charge in [-0.2, -0.15) is 13.2 Å². The Kier molecular flexibility index (Phi) is 4.97. The van der Waals surface area contributed by atoms with Crippen LogP contribution in [0.5, 0.6) is 0 Å². The summed E-state index contributed by atoms with van der Waals surface area (Å²) in [5, 5.41) is 3.32. The molecule has 1 aromatic rings. The quantitative estimate of drug-likeness (QED) is 0.902. The highest BCUT2D eigenvalue weighted by Crippen LogP contribution is 2.38. The summed E-state index contributed by atoms with van der Waals surface area (Å²) in [7, 11) is 1.46. The van der Waals surface area contributed by atoms with E-state index >= 15 is 0 Å². The van der Waals surface area contributed by atoms with Crippen LogP contribution in [0.25, 0.3) is 0 Å². The third-order valence-electron chi connectivity index (χ3n) is 2.66. The number of thiazole rings is 1. The van der Waals surface area contributed by atoms with Gasteiger partial charge < -0.3 is 10.1 Å². The van der Waals surface area contributed by atoms with E-state index in [-0.39, 0.29) is 17.5 Å². The Labute approximate surface area is 115 Å².